The van der Waals surface area contributed by atoms with Gasteiger partial charge in [-0.3, -0.25) is 0 Å². The Morgan fingerprint density at radius 2 is 2.17 bits per heavy atom. The number of furan rings is 1. The lowest BCUT2D eigenvalue weighted by Gasteiger charge is -2.02. The summed E-state index contributed by atoms with van der Waals surface area (Å²) in [5.41, 5.74) is 6.96. The van der Waals surface area contributed by atoms with Gasteiger partial charge in [-0.05, 0) is 45.2 Å². The fourth-order valence-electron chi connectivity index (χ4n) is 1.31. The molecule has 1 rings (SSSR count). The molecule has 0 amide bonds. The van der Waals surface area contributed by atoms with Gasteiger partial charge in [0.15, 0.2) is 0 Å². The maximum atomic E-state index is 5.67. The zero-order valence-corrected chi connectivity index (χ0v) is 8.05. The largest absolute Gasteiger partial charge is 0.466 e. The van der Waals surface area contributed by atoms with Gasteiger partial charge in [0.25, 0.3) is 0 Å². The Labute approximate surface area is 73.8 Å². The molecule has 1 heterocycles. The summed E-state index contributed by atoms with van der Waals surface area (Å²) in [7, 11) is 0. The summed E-state index contributed by atoms with van der Waals surface area (Å²) >= 11 is 0. The molecule has 0 saturated heterocycles. The van der Waals surface area contributed by atoms with E-state index in [1.54, 1.807) is 0 Å². The second-order valence-corrected chi connectivity index (χ2v) is 3.45. The summed E-state index contributed by atoms with van der Waals surface area (Å²) in [6.45, 7) is 6.01. The molecule has 0 radical (unpaired) electrons. The fraction of sp³-hybridized carbons (Fsp3) is 0.600. The van der Waals surface area contributed by atoms with Crippen molar-refractivity contribution in [2.75, 3.05) is 0 Å². The molecule has 0 aromatic carbocycles. The van der Waals surface area contributed by atoms with E-state index in [1.165, 1.54) is 5.56 Å². The van der Waals surface area contributed by atoms with Crippen LogP contribution in [0.3, 0.4) is 0 Å². The predicted molar refractivity (Wildman–Crippen MR) is 50.2 cm³/mol. The molecule has 0 fully saturated rings. The first-order valence-corrected chi connectivity index (χ1v) is 4.41. The Morgan fingerprint density at radius 1 is 1.50 bits per heavy atom. The maximum Gasteiger partial charge on any atom is 0.104 e. The second kappa shape index (κ2) is 3.76. The Hall–Kier alpha value is -0.760. The van der Waals surface area contributed by atoms with Crippen LogP contribution in [0, 0.1) is 13.8 Å². The van der Waals surface area contributed by atoms with E-state index >= 15 is 0 Å². The fourth-order valence-corrected chi connectivity index (χ4v) is 1.31. The summed E-state index contributed by atoms with van der Waals surface area (Å²) in [6.07, 6.45) is 2.06. The standard InChI is InChI=1S/C10H17NO/c1-7(11)4-5-10-6-8(2)12-9(10)3/h6-7H,4-5,11H2,1-3H3/t7-/m1/s1. The quantitative estimate of drug-likeness (QED) is 0.749. The van der Waals surface area contributed by atoms with Gasteiger partial charge in [-0.25, -0.2) is 0 Å². The highest BCUT2D eigenvalue weighted by molar-refractivity contribution is 5.20. The monoisotopic (exact) mass is 167 g/mol. The minimum atomic E-state index is 0.277. The van der Waals surface area contributed by atoms with Crippen molar-refractivity contribution in [2.24, 2.45) is 5.73 Å². The van der Waals surface area contributed by atoms with E-state index in [0.717, 1.165) is 24.4 Å². The average Bonchev–Trinajstić information content (AvgIpc) is 2.26. The molecular formula is C10H17NO. The van der Waals surface area contributed by atoms with E-state index in [1.807, 2.05) is 20.8 Å². The smallest absolute Gasteiger partial charge is 0.104 e. The Morgan fingerprint density at radius 3 is 2.58 bits per heavy atom. The number of aryl methyl sites for hydroxylation is 3. The molecule has 2 nitrogen and oxygen atoms in total. The highest BCUT2D eigenvalue weighted by Gasteiger charge is 2.04. The second-order valence-electron chi connectivity index (χ2n) is 3.45. The van der Waals surface area contributed by atoms with Gasteiger partial charge in [-0.2, -0.15) is 0 Å². The van der Waals surface area contributed by atoms with Crippen molar-refractivity contribution in [3.63, 3.8) is 0 Å². The highest BCUT2D eigenvalue weighted by atomic mass is 16.3. The van der Waals surface area contributed by atoms with Gasteiger partial charge in [-0.15, -0.1) is 0 Å². The van der Waals surface area contributed by atoms with Gasteiger partial charge in [0, 0.05) is 6.04 Å². The van der Waals surface area contributed by atoms with Crippen molar-refractivity contribution in [1.82, 2.24) is 0 Å². The molecule has 0 aliphatic carbocycles. The van der Waals surface area contributed by atoms with Crippen molar-refractivity contribution in [2.45, 2.75) is 39.7 Å². The summed E-state index contributed by atoms with van der Waals surface area (Å²) in [5, 5.41) is 0. The first kappa shape index (κ1) is 9.33. The minimum absolute atomic E-state index is 0.277. The van der Waals surface area contributed by atoms with Crippen LogP contribution in [0.4, 0.5) is 0 Å². The van der Waals surface area contributed by atoms with Crippen LogP contribution in [-0.2, 0) is 6.42 Å². The number of rotatable bonds is 3. The summed E-state index contributed by atoms with van der Waals surface area (Å²) in [4.78, 5) is 0. The third kappa shape index (κ3) is 2.38. The molecule has 0 bridgehead atoms. The van der Waals surface area contributed by atoms with Crippen molar-refractivity contribution < 1.29 is 4.42 Å². The molecule has 0 unspecified atom stereocenters. The van der Waals surface area contributed by atoms with Crippen molar-refractivity contribution in [3.05, 3.63) is 23.2 Å². The summed E-state index contributed by atoms with van der Waals surface area (Å²) in [5.74, 6) is 2.03. The van der Waals surface area contributed by atoms with Crippen LogP contribution < -0.4 is 5.73 Å². The SMILES string of the molecule is Cc1cc(CC[C@@H](C)N)c(C)o1. The topological polar surface area (TPSA) is 39.2 Å². The van der Waals surface area contributed by atoms with E-state index in [9.17, 15) is 0 Å². The normalized spacial score (nSPS) is 13.3. The molecule has 0 aliphatic rings. The minimum Gasteiger partial charge on any atom is -0.466 e. The van der Waals surface area contributed by atoms with Crippen LogP contribution in [0.2, 0.25) is 0 Å². The molecule has 2 heteroatoms. The molecule has 0 saturated carbocycles. The van der Waals surface area contributed by atoms with Crippen LogP contribution in [0.25, 0.3) is 0 Å². The van der Waals surface area contributed by atoms with E-state index < -0.39 is 0 Å². The van der Waals surface area contributed by atoms with Gasteiger partial charge in [0.2, 0.25) is 0 Å². The van der Waals surface area contributed by atoms with Crippen LogP contribution in [-0.4, -0.2) is 6.04 Å². The van der Waals surface area contributed by atoms with E-state index in [0.29, 0.717) is 0 Å². The Balaban J connectivity index is 2.57. The molecule has 1 aromatic heterocycles. The van der Waals surface area contributed by atoms with Crippen molar-refractivity contribution in [1.29, 1.82) is 0 Å². The number of hydrogen-bond acceptors (Lipinski definition) is 2. The molecular weight excluding hydrogens is 150 g/mol. The molecule has 68 valence electrons. The third-order valence-corrected chi connectivity index (χ3v) is 2.01. The van der Waals surface area contributed by atoms with Crippen molar-refractivity contribution >= 4 is 0 Å². The predicted octanol–water partition coefficient (Wildman–Crippen LogP) is 2.18. The van der Waals surface area contributed by atoms with Crippen LogP contribution >= 0.6 is 0 Å². The van der Waals surface area contributed by atoms with Gasteiger partial charge in [-0.1, -0.05) is 0 Å². The Kier molecular flexibility index (Phi) is 2.93. The lowest BCUT2D eigenvalue weighted by atomic mass is 10.1. The number of hydrogen-bond donors (Lipinski definition) is 1. The van der Waals surface area contributed by atoms with Crippen LogP contribution in [0.15, 0.2) is 10.5 Å². The zero-order chi connectivity index (χ0) is 9.14. The van der Waals surface area contributed by atoms with Gasteiger partial charge < -0.3 is 10.2 Å². The highest BCUT2D eigenvalue weighted by Crippen LogP contribution is 2.15. The van der Waals surface area contributed by atoms with Gasteiger partial charge >= 0.3 is 0 Å². The Bertz CT molecular complexity index is 250. The van der Waals surface area contributed by atoms with Gasteiger partial charge in [0.1, 0.15) is 11.5 Å². The first-order valence-electron chi connectivity index (χ1n) is 4.41. The lowest BCUT2D eigenvalue weighted by molar-refractivity contribution is 0.499. The maximum absolute atomic E-state index is 5.67. The van der Waals surface area contributed by atoms with Crippen LogP contribution in [0.1, 0.15) is 30.4 Å². The molecule has 2 N–H and O–H groups in total. The van der Waals surface area contributed by atoms with E-state index in [2.05, 4.69) is 6.07 Å². The number of nitrogens with two attached hydrogens (primary N) is 1. The molecule has 0 aliphatic heterocycles. The first-order chi connectivity index (χ1) is 5.59. The molecule has 1 atom stereocenters. The van der Waals surface area contributed by atoms with Gasteiger partial charge in [0.05, 0.1) is 0 Å². The van der Waals surface area contributed by atoms with Crippen LogP contribution in [0.5, 0.6) is 0 Å². The average molecular weight is 167 g/mol. The van der Waals surface area contributed by atoms with Crippen molar-refractivity contribution in [3.8, 4) is 0 Å². The molecule has 12 heavy (non-hydrogen) atoms. The van der Waals surface area contributed by atoms with E-state index in [-0.39, 0.29) is 6.04 Å². The summed E-state index contributed by atoms with van der Waals surface area (Å²) in [6, 6.07) is 2.37. The molecule has 1 aromatic rings. The van der Waals surface area contributed by atoms with E-state index in [4.69, 9.17) is 10.2 Å². The summed E-state index contributed by atoms with van der Waals surface area (Å²) < 4.78 is 5.41. The lowest BCUT2D eigenvalue weighted by Crippen LogP contribution is -2.15. The molecule has 0 spiro atoms. The zero-order valence-electron chi connectivity index (χ0n) is 8.05. The third-order valence-electron chi connectivity index (χ3n) is 2.01.